The molecule has 0 N–H and O–H groups in total. The number of carbonyl (C=O) groups is 1. The average molecular weight is 328 g/mol. The number of rotatable bonds is 4. The van der Waals surface area contributed by atoms with E-state index in [0.717, 1.165) is 37.2 Å². The zero-order chi connectivity index (χ0) is 16.7. The van der Waals surface area contributed by atoms with Gasteiger partial charge in [0.25, 0.3) is 0 Å². The highest BCUT2D eigenvalue weighted by molar-refractivity contribution is 5.92. The van der Waals surface area contributed by atoms with Crippen molar-refractivity contribution >= 4 is 5.91 Å². The van der Waals surface area contributed by atoms with Gasteiger partial charge in [-0.25, -0.2) is 0 Å². The van der Waals surface area contributed by atoms with E-state index in [0.29, 0.717) is 18.0 Å². The second-order valence-electron chi connectivity index (χ2n) is 7.76. The van der Waals surface area contributed by atoms with Gasteiger partial charge in [0.05, 0.1) is 12.5 Å². The van der Waals surface area contributed by atoms with Crippen LogP contribution in [0.15, 0.2) is 24.3 Å². The van der Waals surface area contributed by atoms with Gasteiger partial charge in [0.15, 0.2) is 0 Å². The van der Waals surface area contributed by atoms with E-state index in [9.17, 15) is 4.79 Å². The number of methoxy groups -OCH3 is 1. The van der Waals surface area contributed by atoms with Crippen molar-refractivity contribution in [1.29, 1.82) is 0 Å². The Bertz CT molecular complexity index is 603. The molecule has 2 heterocycles. The highest BCUT2D eigenvalue weighted by atomic mass is 16.5. The van der Waals surface area contributed by atoms with E-state index >= 15 is 0 Å². The molecule has 24 heavy (non-hydrogen) atoms. The molecule has 3 fully saturated rings. The van der Waals surface area contributed by atoms with Crippen LogP contribution in [0.5, 0.6) is 5.75 Å². The summed E-state index contributed by atoms with van der Waals surface area (Å²) >= 11 is 0. The van der Waals surface area contributed by atoms with Gasteiger partial charge in [-0.1, -0.05) is 18.6 Å². The number of hydrogen-bond acceptors (Lipinski definition) is 3. The Labute approximate surface area is 144 Å². The number of nitrogens with zero attached hydrogens (tertiary/aromatic N) is 2. The third-order valence-electron chi connectivity index (χ3n) is 6.27. The van der Waals surface area contributed by atoms with Gasteiger partial charge in [0.2, 0.25) is 5.91 Å². The summed E-state index contributed by atoms with van der Waals surface area (Å²) in [5.41, 5.74) is 0.910. The minimum Gasteiger partial charge on any atom is -0.497 e. The van der Waals surface area contributed by atoms with E-state index in [1.54, 1.807) is 7.11 Å². The predicted molar refractivity (Wildman–Crippen MR) is 94.3 cm³/mol. The fourth-order valence-electron chi connectivity index (χ4n) is 4.46. The van der Waals surface area contributed by atoms with Crippen LogP contribution in [-0.2, 0) is 10.2 Å². The summed E-state index contributed by atoms with van der Waals surface area (Å²) < 4.78 is 5.23. The average Bonchev–Trinajstić information content (AvgIpc) is 3.37. The van der Waals surface area contributed by atoms with Crippen LogP contribution in [0.25, 0.3) is 0 Å². The summed E-state index contributed by atoms with van der Waals surface area (Å²) in [5.74, 6) is 1.19. The first-order valence-electron chi connectivity index (χ1n) is 9.34. The number of likely N-dealkylation sites (tertiary alicyclic amines) is 2. The maximum atomic E-state index is 13.1. The Hall–Kier alpha value is -1.55. The fourth-order valence-corrected chi connectivity index (χ4v) is 4.46. The zero-order valence-electron chi connectivity index (χ0n) is 14.8. The lowest BCUT2D eigenvalue weighted by Gasteiger charge is -2.50. The number of ether oxygens (including phenoxy) is 1. The van der Waals surface area contributed by atoms with Gasteiger partial charge in [0, 0.05) is 25.2 Å². The SMILES string of the molecule is COc1ccc(C2(C(=O)N3CC(N4CCCC[C@@H]4C)C3)CC2)cc1. The van der Waals surface area contributed by atoms with Crippen molar-refractivity contribution in [2.24, 2.45) is 0 Å². The molecular weight excluding hydrogens is 300 g/mol. The molecule has 1 aromatic rings. The smallest absolute Gasteiger partial charge is 0.233 e. The maximum Gasteiger partial charge on any atom is 0.233 e. The van der Waals surface area contributed by atoms with Crippen LogP contribution in [0.1, 0.15) is 44.6 Å². The summed E-state index contributed by atoms with van der Waals surface area (Å²) in [7, 11) is 1.68. The molecule has 4 nitrogen and oxygen atoms in total. The number of hydrogen-bond donors (Lipinski definition) is 0. The standard InChI is InChI=1S/C20H28N2O2/c1-15-5-3-4-12-22(15)17-13-21(14-17)19(23)20(10-11-20)16-6-8-18(24-2)9-7-16/h6-9,15,17H,3-5,10-14H2,1-2H3/t15-/m0/s1. The van der Waals surface area contributed by atoms with Crippen LogP contribution in [0.3, 0.4) is 0 Å². The van der Waals surface area contributed by atoms with Crippen molar-refractivity contribution < 1.29 is 9.53 Å². The van der Waals surface area contributed by atoms with E-state index in [1.165, 1.54) is 25.8 Å². The fraction of sp³-hybridized carbons (Fsp3) is 0.650. The highest BCUT2D eigenvalue weighted by Crippen LogP contribution is 2.50. The zero-order valence-corrected chi connectivity index (χ0v) is 14.8. The molecule has 2 saturated heterocycles. The molecule has 1 aliphatic carbocycles. The first-order valence-corrected chi connectivity index (χ1v) is 9.34. The lowest BCUT2D eigenvalue weighted by Crippen LogP contribution is -2.64. The van der Waals surface area contributed by atoms with Gasteiger partial charge in [0.1, 0.15) is 5.75 Å². The van der Waals surface area contributed by atoms with Crippen LogP contribution in [0, 0.1) is 0 Å². The van der Waals surface area contributed by atoms with Crippen LogP contribution in [0.2, 0.25) is 0 Å². The normalized spacial score (nSPS) is 26.8. The molecule has 0 aromatic heterocycles. The lowest BCUT2D eigenvalue weighted by molar-refractivity contribution is -0.142. The first kappa shape index (κ1) is 15.9. The van der Waals surface area contributed by atoms with Gasteiger partial charge in [-0.2, -0.15) is 0 Å². The van der Waals surface area contributed by atoms with Crippen molar-refractivity contribution in [2.75, 3.05) is 26.7 Å². The Morgan fingerprint density at radius 3 is 2.46 bits per heavy atom. The molecule has 3 aliphatic rings. The predicted octanol–water partition coefficient (Wildman–Crippen LogP) is 2.81. The van der Waals surface area contributed by atoms with Crippen molar-refractivity contribution in [1.82, 2.24) is 9.80 Å². The third-order valence-corrected chi connectivity index (χ3v) is 6.27. The first-order chi connectivity index (χ1) is 11.6. The summed E-state index contributed by atoms with van der Waals surface area (Å²) in [6, 6.07) is 9.32. The van der Waals surface area contributed by atoms with Gasteiger partial charge >= 0.3 is 0 Å². The molecule has 1 saturated carbocycles. The van der Waals surface area contributed by atoms with Crippen LogP contribution in [-0.4, -0.2) is 54.5 Å². The van der Waals surface area contributed by atoms with E-state index in [1.807, 2.05) is 12.1 Å². The highest BCUT2D eigenvalue weighted by Gasteiger charge is 2.55. The largest absolute Gasteiger partial charge is 0.497 e. The monoisotopic (exact) mass is 328 g/mol. The van der Waals surface area contributed by atoms with Gasteiger partial charge in [-0.05, 0) is 56.8 Å². The molecule has 4 heteroatoms. The number of carbonyl (C=O) groups excluding carboxylic acids is 1. The van der Waals surface area contributed by atoms with Crippen LogP contribution >= 0.6 is 0 Å². The van der Waals surface area contributed by atoms with Crippen molar-refractivity contribution in [2.45, 2.75) is 56.5 Å². The Kier molecular flexibility index (Phi) is 4.03. The van der Waals surface area contributed by atoms with E-state index in [4.69, 9.17) is 4.74 Å². The molecule has 130 valence electrons. The quantitative estimate of drug-likeness (QED) is 0.852. The minimum absolute atomic E-state index is 0.245. The molecule has 2 aliphatic heterocycles. The van der Waals surface area contributed by atoms with Gasteiger partial charge in [-0.15, -0.1) is 0 Å². The van der Waals surface area contributed by atoms with Crippen molar-refractivity contribution in [3.8, 4) is 5.75 Å². The van der Waals surface area contributed by atoms with Crippen molar-refractivity contribution in [3.63, 3.8) is 0 Å². The molecule has 0 radical (unpaired) electrons. The second-order valence-corrected chi connectivity index (χ2v) is 7.76. The van der Waals surface area contributed by atoms with E-state index in [2.05, 4.69) is 28.9 Å². The summed E-state index contributed by atoms with van der Waals surface area (Å²) in [6.07, 6.45) is 5.94. The molecule has 0 spiro atoms. The second kappa shape index (κ2) is 6.07. The molecule has 1 amide bonds. The number of benzene rings is 1. The Morgan fingerprint density at radius 1 is 1.17 bits per heavy atom. The minimum atomic E-state index is -0.245. The molecule has 1 atom stereocenters. The molecular formula is C20H28N2O2. The molecule has 4 rings (SSSR count). The summed E-state index contributed by atoms with van der Waals surface area (Å²) in [6.45, 7) is 5.38. The van der Waals surface area contributed by atoms with Crippen LogP contribution < -0.4 is 4.74 Å². The summed E-state index contributed by atoms with van der Waals surface area (Å²) in [4.78, 5) is 17.8. The lowest BCUT2D eigenvalue weighted by atomic mass is 9.91. The van der Waals surface area contributed by atoms with Gasteiger partial charge in [-0.3, -0.25) is 9.69 Å². The van der Waals surface area contributed by atoms with E-state index < -0.39 is 0 Å². The van der Waals surface area contributed by atoms with E-state index in [-0.39, 0.29) is 5.41 Å². The van der Waals surface area contributed by atoms with Crippen LogP contribution in [0.4, 0.5) is 0 Å². The van der Waals surface area contributed by atoms with Gasteiger partial charge < -0.3 is 9.64 Å². The molecule has 0 bridgehead atoms. The molecule has 1 aromatic carbocycles. The topological polar surface area (TPSA) is 32.8 Å². The Morgan fingerprint density at radius 2 is 1.88 bits per heavy atom. The maximum absolute atomic E-state index is 13.1. The Balaban J connectivity index is 1.40. The molecule has 0 unspecified atom stereocenters. The van der Waals surface area contributed by atoms with Crippen molar-refractivity contribution in [3.05, 3.63) is 29.8 Å². The number of piperidine rings is 1. The number of amides is 1. The third kappa shape index (κ3) is 2.61. The summed E-state index contributed by atoms with van der Waals surface area (Å²) in [5, 5.41) is 0.